The van der Waals surface area contributed by atoms with Gasteiger partial charge in [-0.3, -0.25) is 4.79 Å². The number of nitrogens with two attached hydrogens (primary N) is 1. The van der Waals surface area contributed by atoms with Gasteiger partial charge in [0.25, 0.3) is 0 Å². The van der Waals surface area contributed by atoms with Gasteiger partial charge in [0.2, 0.25) is 0 Å². The van der Waals surface area contributed by atoms with Gasteiger partial charge in [0.1, 0.15) is 0 Å². The number of rotatable bonds is 6. The lowest BCUT2D eigenvalue weighted by atomic mass is 9.95. The Morgan fingerprint density at radius 1 is 1.36 bits per heavy atom. The maximum absolute atomic E-state index is 11.3. The molecule has 0 saturated carbocycles. The summed E-state index contributed by atoms with van der Waals surface area (Å²) in [6.45, 7) is 4.14. The molecular formula is C16H25N2O3S+. The number of hydrogen-bond donors (Lipinski definition) is 1. The molecule has 0 radical (unpaired) electrons. The SMILES string of the molecule is CO[NH2+]c1ccc(C)c(SN2CCC(CC(=O)OC)CC2)c1. The highest BCUT2D eigenvalue weighted by molar-refractivity contribution is 7.97. The van der Waals surface area contributed by atoms with Gasteiger partial charge in [-0.1, -0.05) is 6.07 Å². The zero-order valence-electron chi connectivity index (χ0n) is 13.5. The molecule has 1 aromatic rings. The van der Waals surface area contributed by atoms with Crippen LogP contribution in [0.2, 0.25) is 0 Å². The van der Waals surface area contributed by atoms with E-state index in [0.717, 1.165) is 31.6 Å². The van der Waals surface area contributed by atoms with Crippen LogP contribution in [0.1, 0.15) is 24.8 Å². The number of nitrogens with zero attached hydrogens (tertiary/aromatic N) is 1. The van der Waals surface area contributed by atoms with Crippen molar-refractivity contribution in [3.05, 3.63) is 23.8 Å². The maximum atomic E-state index is 11.3. The Balaban J connectivity index is 1.88. The topological polar surface area (TPSA) is 55.4 Å². The molecule has 2 rings (SSSR count). The molecule has 0 bridgehead atoms. The second-order valence-electron chi connectivity index (χ2n) is 5.62. The van der Waals surface area contributed by atoms with Gasteiger partial charge in [0, 0.05) is 36.5 Å². The predicted octanol–water partition coefficient (Wildman–Crippen LogP) is 2.03. The van der Waals surface area contributed by atoms with Crippen LogP contribution in [-0.2, 0) is 14.4 Å². The first-order chi connectivity index (χ1) is 10.6. The first-order valence-corrected chi connectivity index (χ1v) is 8.36. The minimum absolute atomic E-state index is 0.0928. The monoisotopic (exact) mass is 325 g/mol. The van der Waals surface area contributed by atoms with E-state index in [1.807, 2.05) is 0 Å². The summed E-state index contributed by atoms with van der Waals surface area (Å²) < 4.78 is 7.14. The van der Waals surface area contributed by atoms with Gasteiger partial charge >= 0.3 is 5.97 Å². The van der Waals surface area contributed by atoms with Gasteiger partial charge in [-0.25, -0.2) is 9.14 Å². The number of methoxy groups -OCH3 is 1. The molecule has 0 aliphatic carbocycles. The Bertz CT molecular complexity index is 502. The normalized spacial score (nSPS) is 16.7. The van der Waals surface area contributed by atoms with E-state index in [1.54, 1.807) is 24.5 Å². The van der Waals surface area contributed by atoms with E-state index < -0.39 is 0 Å². The van der Waals surface area contributed by atoms with Gasteiger partial charge in [-0.05, 0) is 43.2 Å². The highest BCUT2D eigenvalue weighted by Gasteiger charge is 2.23. The molecule has 6 heteroatoms. The number of quaternary nitrogens is 1. The molecule has 0 aromatic heterocycles. The molecule has 1 aromatic carbocycles. The lowest BCUT2D eigenvalue weighted by molar-refractivity contribution is -0.830. The highest BCUT2D eigenvalue weighted by Crippen LogP contribution is 2.32. The fourth-order valence-electron chi connectivity index (χ4n) is 2.59. The molecule has 0 amide bonds. The van der Waals surface area contributed by atoms with Crippen molar-refractivity contribution in [2.45, 2.75) is 31.1 Å². The van der Waals surface area contributed by atoms with Crippen LogP contribution in [0.25, 0.3) is 0 Å². The second-order valence-corrected chi connectivity index (χ2v) is 6.76. The molecule has 1 saturated heterocycles. The fourth-order valence-corrected chi connectivity index (χ4v) is 3.66. The summed E-state index contributed by atoms with van der Waals surface area (Å²) in [5.74, 6) is 0.364. The molecule has 0 atom stereocenters. The number of ether oxygens (including phenoxy) is 1. The quantitative estimate of drug-likeness (QED) is 0.375. The molecule has 1 aliphatic rings. The molecule has 1 aliphatic heterocycles. The highest BCUT2D eigenvalue weighted by atomic mass is 32.2. The Hall–Kier alpha value is -1.08. The number of benzene rings is 1. The van der Waals surface area contributed by atoms with Crippen molar-refractivity contribution in [3.8, 4) is 0 Å². The molecule has 22 heavy (non-hydrogen) atoms. The second kappa shape index (κ2) is 8.53. The third kappa shape index (κ3) is 4.98. The molecule has 2 N–H and O–H groups in total. The number of piperidine rings is 1. The lowest BCUT2D eigenvalue weighted by Gasteiger charge is -2.30. The van der Waals surface area contributed by atoms with E-state index in [2.05, 4.69) is 29.4 Å². The van der Waals surface area contributed by atoms with E-state index in [4.69, 9.17) is 9.57 Å². The van der Waals surface area contributed by atoms with Crippen LogP contribution in [0.4, 0.5) is 5.69 Å². The van der Waals surface area contributed by atoms with E-state index in [-0.39, 0.29) is 5.97 Å². The fraction of sp³-hybridized carbons (Fsp3) is 0.562. The van der Waals surface area contributed by atoms with Gasteiger partial charge in [-0.15, -0.1) is 0 Å². The number of carbonyl (C=O) groups excluding carboxylic acids is 1. The molecule has 0 unspecified atom stereocenters. The van der Waals surface area contributed by atoms with Crippen LogP contribution in [0, 0.1) is 12.8 Å². The average molecular weight is 325 g/mol. The van der Waals surface area contributed by atoms with E-state index in [0.29, 0.717) is 12.3 Å². The summed E-state index contributed by atoms with van der Waals surface area (Å²) in [6, 6.07) is 6.34. The zero-order valence-corrected chi connectivity index (χ0v) is 14.3. The number of aryl methyl sites for hydroxylation is 1. The largest absolute Gasteiger partial charge is 0.469 e. The van der Waals surface area contributed by atoms with Crippen molar-refractivity contribution >= 4 is 23.6 Å². The predicted molar refractivity (Wildman–Crippen MR) is 86.6 cm³/mol. The summed E-state index contributed by atoms with van der Waals surface area (Å²) in [7, 11) is 3.12. The smallest absolute Gasteiger partial charge is 0.305 e. The average Bonchev–Trinajstić information content (AvgIpc) is 2.52. The number of hydrogen-bond acceptors (Lipinski definition) is 5. The zero-order chi connectivity index (χ0) is 15.9. The Morgan fingerprint density at radius 2 is 2.09 bits per heavy atom. The molecule has 5 nitrogen and oxygen atoms in total. The van der Waals surface area contributed by atoms with Crippen LogP contribution in [0.3, 0.4) is 0 Å². The van der Waals surface area contributed by atoms with Gasteiger partial charge < -0.3 is 4.74 Å². The van der Waals surface area contributed by atoms with Gasteiger partial charge in [-0.2, -0.15) is 5.48 Å². The van der Waals surface area contributed by atoms with Crippen molar-refractivity contribution in [2.24, 2.45) is 5.92 Å². The van der Waals surface area contributed by atoms with Crippen molar-refractivity contribution in [2.75, 3.05) is 27.3 Å². The summed E-state index contributed by atoms with van der Waals surface area (Å²) in [5, 5.41) is 0. The van der Waals surface area contributed by atoms with Gasteiger partial charge in [0.05, 0.1) is 14.2 Å². The summed E-state index contributed by atoms with van der Waals surface area (Å²) in [4.78, 5) is 17.7. The van der Waals surface area contributed by atoms with Crippen LogP contribution < -0.4 is 5.48 Å². The summed E-state index contributed by atoms with van der Waals surface area (Å²) in [5.41, 5.74) is 4.11. The number of esters is 1. The minimum atomic E-state index is -0.0928. The maximum Gasteiger partial charge on any atom is 0.305 e. The van der Waals surface area contributed by atoms with Crippen LogP contribution in [-0.4, -0.2) is 37.6 Å². The van der Waals surface area contributed by atoms with Crippen molar-refractivity contribution in [3.63, 3.8) is 0 Å². The number of carbonyl (C=O) groups is 1. The molecular weight excluding hydrogens is 300 g/mol. The first kappa shape index (κ1) is 17.3. The van der Waals surface area contributed by atoms with Crippen molar-refractivity contribution in [1.82, 2.24) is 4.31 Å². The Labute approximate surface area is 136 Å². The molecule has 0 spiro atoms. The minimum Gasteiger partial charge on any atom is -0.469 e. The molecule has 122 valence electrons. The van der Waals surface area contributed by atoms with E-state index >= 15 is 0 Å². The van der Waals surface area contributed by atoms with Crippen LogP contribution >= 0.6 is 11.9 Å². The Morgan fingerprint density at radius 3 is 2.73 bits per heavy atom. The Kier molecular flexibility index (Phi) is 6.70. The molecule has 1 fully saturated rings. The standard InChI is InChI=1S/C16H24N2O3S/c1-12-4-5-14(17-21-3)11-15(12)22-18-8-6-13(7-9-18)10-16(19)20-2/h4-5,11,13,17H,6-10H2,1-3H3/p+1. The van der Waals surface area contributed by atoms with Crippen molar-refractivity contribution < 1.29 is 19.8 Å². The van der Waals surface area contributed by atoms with Crippen LogP contribution in [0.15, 0.2) is 23.1 Å². The first-order valence-electron chi connectivity index (χ1n) is 7.58. The van der Waals surface area contributed by atoms with Crippen molar-refractivity contribution in [1.29, 1.82) is 0 Å². The van der Waals surface area contributed by atoms with E-state index in [1.165, 1.54) is 17.6 Å². The molecule has 1 heterocycles. The van der Waals surface area contributed by atoms with E-state index in [9.17, 15) is 4.79 Å². The van der Waals surface area contributed by atoms with Crippen LogP contribution in [0.5, 0.6) is 0 Å². The van der Waals surface area contributed by atoms with Gasteiger partial charge in [0.15, 0.2) is 5.69 Å². The lowest BCUT2D eigenvalue weighted by Crippen LogP contribution is -2.75. The summed E-state index contributed by atoms with van der Waals surface area (Å²) >= 11 is 1.80. The third-order valence-electron chi connectivity index (χ3n) is 3.95. The third-order valence-corrected chi connectivity index (χ3v) is 5.21. The summed E-state index contributed by atoms with van der Waals surface area (Å²) in [6.07, 6.45) is 2.64.